The fourth-order valence-corrected chi connectivity index (χ4v) is 3.13. The molecule has 1 heterocycles. The fraction of sp³-hybridized carbons (Fsp3) is 0.333. The Bertz CT molecular complexity index is 529. The van der Waals surface area contributed by atoms with Crippen molar-refractivity contribution in [3.63, 3.8) is 0 Å². The van der Waals surface area contributed by atoms with Gasteiger partial charge >= 0.3 is 0 Å². The number of Topliss-reactive ketones (excluding diaryl/α,β-unsaturated/α-hetero) is 1. The van der Waals surface area contributed by atoms with Crippen LogP contribution in [0.3, 0.4) is 0 Å². The Balaban J connectivity index is 2.46. The molecule has 2 rings (SSSR count). The first-order valence-electron chi connectivity index (χ1n) is 5.46. The number of rotatable bonds is 3. The zero-order valence-corrected chi connectivity index (χ0v) is 10.6. The summed E-state index contributed by atoms with van der Waals surface area (Å²) >= 11 is 0. The Labute approximate surface area is 107 Å². The van der Waals surface area contributed by atoms with Gasteiger partial charge in [-0.25, -0.2) is 0 Å². The number of fused-ring (bicyclic) bond motifs is 1. The maximum Gasteiger partial charge on any atom is 0.250 e. The van der Waals surface area contributed by atoms with Gasteiger partial charge in [-0.3, -0.25) is 13.8 Å². The SMILES string of the molecule is CN1C(=O)C(S(=O)CCO)C(=O)c2ccccc21. The monoisotopic (exact) mass is 267 g/mol. The summed E-state index contributed by atoms with van der Waals surface area (Å²) in [5.74, 6) is -0.982. The van der Waals surface area contributed by atoms with Crippen molar-refractivity contribution >= 4 is 28.2 Å². The predicted octanol–water partition coefficient (Wildman–Crippen LogP) is -0.0447. The van der Waals surface area contributed by atoms with E-state index in [9.17, 15) is 13.8 Å². The molecule has 0 spiro atoms. The molecule has 0 aliphatic carbocycles. The molecule has 1 aliphatic rings. The van der Waals surface area contributed by atoms with Crippen molar-refractivity contribution in [3.05, 3.63) is 29.8 Å². The third kappa shape index (κ3) is 1.97. The van der Waals surface area contributed by atoms with E-state index in [4.69, 9.17) is 5.11 Å². The molecule has 0 saturated carbocycles. The molecule has 0 fully saturated rings. The highest BCUT2D eigenvalue weighted by Crippen LogP contribution is 2.28. The van der Waals surface area contributed by atoms with Gasteiger partial charge in [-0.1, -0.05) is 12.1 Å². The summed E-state index contributed by atoms with van der Waals surface area (Å²) in [5, 5.41) is 7.57. The summed E-state index contributed by atoms with van der Waals surface area (Å²) in [5.41, 5.74) is 0.931. The summed E-state index contributed by atoms with van der Waals surface area (Å²) in [6.45, 7) is -0.310. The van der Waals surface area contributed by atoms with E-state index < -0.39 is 27.7 Å². The van der Waals surface area contributed by atoms with Crippen molar-refractivity contribution in [3.8, 4) is 0 Å². The maximum absolute atomic E-state index is 12.2. The van der Waals surface area contributed by atoms with Crippen LogP contribution in [0.15, 0.2) is 24.3 Å². The first-order chi connectivity index (χ1) is 8.57. The molecule has 1 amide bonds. The van der Waals surface area contributed by atoms with Crippen molar-refractivity contribution in [2.75, 3.05) is 24.3 Å². The number of hydrogen-bond acceptors (Lipinski definition) is 4. The molecule has 18 heavy (non-hydrogen) atoms. The Morgan fingerprint density at radius 2 is 2.00 bits per heavy atom. The Hall–Kier alpha value is -1.53. The quantitative estimate of drug-likeness (QED) is 0.780. The molecule has 1 N–H and O–H groups in total. The number of anilines is 1. The highest BCUT2D eigenvalue weighted by Gasteiger charge is 2.41. The number of carbonyl (C=O) groups is 2. The molecular weight excluding hydrogens is 254 g/mol. The third-order valence-electron chi connectivity index (χ3n) is 2.88. The average molecular weight is 267 g/mol. The van der Waals surface area contributed by atoms with Crippen LogP contribution >= 0.6 is 0 Å². The molecule has 2 atom stereocenters. The lowest BCUT2D eigenvalue weighted by Gasteiger charge is -2.29. The molecule has 0 bridgehead atoms. The molecule has 0 saturated heterocycles. The van der Waals surface area contributed by atoms with E-state index in [0.717, 1.165) is 0 Å². The van der Waals surface area contributed by atoms with Gasteiger partial charge in [0.05, 0.1) is 12.3 Å². The highest BCUT2D eigenvalue weighted by atomic mass is 32.2. The molecule has 2 unspecified atom stereocenters. The van der Waals surface area contributed by atoms with Crippen LogP contribution in [0.4, 0.5) is 5.69 Å². The minimum Gasteiger partial charge on any atom is -0.395 e. The number of aliphatic hydroxyl groups excluding tert-OH is 1. The summed E-state index contributed by atoms with van der Waals surface area (Å²) in [6, 6.07) is 6.73. The number of amides is 1. The van der Waals surface area contributed by atoms with E-state index in [1.807, 2.05) is 0 Å². The van der Waals surface area contributed by atoms with Gasteiger partial charge in [0.15, 0.2) is 11.0 Å². The zero-order valence-electron chi connectivity index (χ0n) is 9.83. The Morgan fingerprint density at radius 3 is 2.67 bits per heavy atom. The van der Waals surface area contributed by atoms with Crippen molar-refractivity contribution in [2.45, 2.75) is 5.25 Å². The van der Waals surface area contributed by atoms with Crippen LogP contribution < -0.4 is 4.90 Å². The highest BCUT2D eigenvalue weighted by molar-refractivity contribution is 7.87. The number of para-hydroxylation sites is 1. The molecular formula is C12H13NO4S. The predicted molar refractivity (Wildman–Crippen MR) is 68.1 cm³/mol. The van der Waals surface area contributed by atoms with Gasteiger partial charge in [-0.2, -0.15) is 0 Å². The van der Waals surface area contributed by atoms with E-state index in [-0.39, 0.29) is 12.4 Å². The van der Waals surface area contributed by atoms with Crippen molar-refractivity contribution in [1.29, 1.82) is 0 Å². The van der Waals surface area contributed by atoms with Crippen LogP contribution in [-0.4, -0.2) is 45.7 Å². The second-order valence-corrected chi connectivity index (χ2v) is 5.61. The number of ketones is 1. The van der Waals surface area contributed by atoms with E-state index in [1.54, 1.807) is 31.3 Å². The fourth-order valence-electron chi connectivity index (χ4n) is 1.96. The Kier molecular flexibility index (Phi) is 3.58. The molecule has 96 valence electrons. The van der Waals surface area contributed by atoms with Crippen molar-refractivity contribution in [1.82, 2.24) is 0 Å². The number of benzene rings is 1. The van der Waals surface area contributed by atoms with Gasteiger partial charge in [0.25, 0.3) is 5.91 Å². The van der Waals surface area contributed by atoms with Gasteiger partial charge in [0.2, 0.25) is 0 Å². The van der Waals surface area contributed by atoms with Crippen molar-refractivity contribution < 1.29 is 18.9 Å². The van der Waals surface area contributed by atoms with Gasteiger partial charge in [0.1, 0.15) is 0 Å². The van der Waals surface area contributed by atoms with Crippen LogP contribution in [0.25, 0.3) is 0 Å². The number of carbonyl (C=O) groups excluding carboxylic acids is 2. The normalized spacial score (nSPS) is 20.8. The lowest BCUT2D eigenvalue weighted by atomic mass is 10.00. The lowest BCUT2D eigenvalue weighted by molar-refractivity contribution is -0.117. The van der Waals surface area contributed by atoms with Gasteiger partial charge < -0.3 is 10.0 Å². The minimum absolute atomic E-state index is 0.0713. The standard InChI is InChI=1S/C12H13NO4S/c1-13-9-5-3-2-4-8(9)10(15)11(12(13)16)18(17)7-6-14/h2-5,11,14H,6-7H2,1H3. The summed E-state index contributed by atoms with van der Waals surface area (Å²) < 4.78 is 11.9. The topological polar surface area (TPSA) is 74.7 Å². The average Bonchev–Trinajstić information content (AvgIpc) is 2.37. The zero-order chi connectivity index (χ0) is 13.3. The van der Waals surface area contributed by atoms with Crippen molar-refractivity contribution in [2.24, 2.45) is 0 Å². The van der Waals surface area contributed by atoms with Gasteiger partial charge in [-0.05, 0) is 12.1 Å². The second kappa shape index (κ2) is 4.99. The summed E-state index contributed by atoms with van der Waals surface area (Å²) in [7, 11) is -0.133. The molecule has 5 nitrogen and oxygen atoms in total. The Morgan fingerprint density at radius 1 is 1.33 bits per heavy atom. The smallest absolute Gasteiger partial charge is 0.250 e. The van der Waals surface area contributed by atoms with Crippen LogP contribution in [0.5, 0.6) is 0 Å². The van der Waals surface area contributed by atoms with Crippen LogP contribution in [0.1, 0.15) is 10.4 Å². The summed E-state index contributed by atoms with van der Waals surface area (Å²) in [6.07, 6.45) is 0. The van der Waals surface area contributed by atoms with E-state index in [2.05, 4.69) is 0 Å². The molecule has 0 radical (unpaired) electrons. The number of aliphatic hydroxyl groups is 1. The number of nitrogens with zero attached hydrogens (tertiary/aromatic N) is 1. The molecule has 1 aromatic rings. The van der Waals surface area contributed by atoms with E-state index in [0.29, 0.717) is 11.3 Å². The van der Waals surface area contributed by atoms with E-state index in [1.165, 1.54) is 4.90 Å². The first-order valence-corrected chi connectivity index (χ1v) is 6.85. The van der Waals surface area contributed by atoms with E-state index >= 15 is 0 Å². The maximum atomic E-state index is 12.2. The minimum atomic E-state index is -1.69. The molecule has 0 aromatic heterocycles. The largest absolute Gasteiger partial charge is 0.395 e. The molecule has 1 aromatic carbocycles. The molecule has 1 aliphatic heterocycles. The van der Waals surface area contributed by atoms with Gasteiger partial charge in [0, 0.05) is 29.2 Å². The first kappa shape index (κ1) is 12.9. The van der Waals surface area contributed by atoms with Crippen LogP contribution in [0, 0.1) is 0 Å². The molecule has 6 heteroatoms. The lowest BCUT2D eigenvalue weighted by Crippen LogP contribution is -2.49. The summed E-state index contributed by atoms with van der Waals surface area (Å²) in [4.78, 5) is 25.6. The second-order valence-electron chi connectivity index (χ2n) is 3.97. The van der Waals surface area contributed by atoms with Gasteiger partial charge in [-0.15, -0.1) is 0 Å². The third-order valence-corrected chi connectivity index (χ3v) is 4.41. The van der Waals surface area contributed by atoms with Crippen LogP contribution in [-0.2, 0) is 15.6 Å². The van der Waals surface area contributed by atoms with Crippen LogP contribution in [0.2, 0.25) is 0 Å². The number of hydrogen-bond donors (Lipinski definition) is 1.